The minimum absolute atomic E-state index is 0.176. The Morgan fingerprint density at radius 1 is 1.22 bits per heavy atom. The quantitative estimate of drug-likeness (QED) is 0.638. The number of nitrogens with zero attached hydrogens (tertiary/aromatic N) is 1. The summed E-state index contributed by atoms with van der Waals surface area (Å²) in [7, 11) is 0. The van der Waals surface area contributed by atoms with Gasteiger partial charge in [0.2, 0.25) is 5.91 Å². The molecule has 0 spiro atoms. The van der Waals surface area contributed by atoms with Gasteiger partial charge in [-0.3, -0.25) is 9.36 Å². The van der Waals surface area contributed by atoms with Crippen molar-refractivity contribution in [1.29, 1.82) is 0 Å². The number of piperidine rings is 1. The summed E-state index contributed by atoms with van der Waals surface area (Å²) in [6.07, 6.45) is -0.235. The van der Waals surface area contributed by atoms with E-state index >= 15 is 0 Å². The van der Waals surface area contributed by atoms with Crippen molar-refractivity contribution in [3.63, 3.8) is 0 Å². The lowest BCUT2D eigenvalue weighted by Gasteiger charge is -2.43. The van der Waals surface area contributed by atoms with Gasteiger partial charge in [-0.1, -0.05) is 42.5 Å². The topological polar surface area (TPSA) is 96.5 Å². The molecule has 3 N–H and O–H groups in total. The Morgan fingerprint density at radius 3 is 2.74 bits per heavy atom. The van der Waals surface area contributed by atoms with Crippen molar-refractivity contribution >= 4 is 17.0 Å². The minimum Gasteiger partial charge on any atom is -0.408 e. The summed E-state index contributed by atoms with van der Waals surface area (Å²) >= 11 is 0. The fourth-order valence-electron chi connectivity index (χ4n) is 3.75. The highest BCUT2D eigenvalue weighted by Gasteiger charge is 2.42. The molecule has 0 radical (unpaired) electrons. The van der Waals surface area contributed by atoms with Crippen molar-refractivity contribution in [2.24, 2.45) is 0 Å². The Labute approximate surface area is 155 Å². The van der Waals surface area contributed by atoms with Gasteiger partial charge >= 0.3 is 5.76 Å². The Hall–Kier alpha value is -2.90. The summed E-state index contributed by atoms with van der Waals surface area (Å²) < 4.78 is 6.49. The van der Waals surface area contributed by atoms with Gasteiger partial charge in [-0.15, -0.1) is 0 Å². The van der Waals surface area contributed by atoms with Gasteiger partial charge in [0.1, 0.15) is 6.54 Å². The summed E-state index contributed by atoms with van der Waals surface area (Å²) in [5.41, 5.74) is 0.955. The van der Waals surface area contributed by atoms with Gasteiger partial charge in [-0.25, -0.2) is 4.79 Å². The molecule has 4 rings (SSSR count). The van der Waals surface area contributed by atoms with Crippen LogP contribution in [0.15, 0.2) is 63.8 Å². The predicted molar refractivity (Wildman–Crippen MR) is 100 cm³/mol. The van der Waals surface area contributed by atoms with E-state index in [1.165, 1.54) is 4.57 Å². The van der Waals surface area contributed by atoms with Crippen molar-refractivity contribution in [3.05, 3.63) is 70.7 Å². The average Bonchev–Trinajstić information content (AvgIpc) is 3.00. The van der Waals surface area contributed by atoms with Crippen LogP contribution in [0.3, 0.4) is 0 Å². The molecule has 0 aliphatic carbocycles. The van der Waals surface area contributed by atoms with E-state index in [1.54, 1.807) is 24.3 Å². The van der Waals surface area contributed by atoms with Gasteiger partial charge in [0.25, 0.3) is 0 Å². The van der Waals surface area contributed by atoms with Crippen molar-refractivity contribution < 1.29 is 14.3 Å². The first-order valence-electron chi connectivity index (χ1n) is 8.94. The number of oxazole rings is 1. The summed E-state index contributed by atoms with van der Waals surface area (Å²) in [5.74, 6) is -0.931. The monoisotopic (exact) mass is 367 g/mol. The molecule has 27 heavy (non-hydrogen) atoms. The molecule has 2 heterocycles. The van der Waals surface area contributed by atoms with Crippen molar-refractivity contribution in [3.8, 4) is 0 Å². The van der Waals surface area contributed by atoms with E-state index in [0.29, 0.717) is 30.6 Å². The standard InChI is InChI=1S/C20H21N3O4/c24-17-12-21-11-10-20(17,14-6-2-1-3-7-14)22-18(25)13-23-15-8-4-5-9-16(15)27-19(23)26/h1-9,17,21,24H,10-13H2,(H,22,25)/t17-,20+/m1/s1. The third kappa shape index (κ3) is 3.15. The molecule has 3 aromatic rings. The van der Waals surface area contributed by atoms with Gasteiger partial charge in [0.05, 0.1) is 17.2 Å². The number of nitrogens with one attached hydrogen (secondary N) is 2. The van der Waals surface area contributed by atoms with Crippen LogP contribution in [0.2, 0.25) is 0 Å². The average molecular weight is 367 g/mol. The number of aromatic nitrogens is 1. The summed E-state index contributed by atoms with van der Waals surface area (Å²) in [5, 5.41) is 16.8. The number of carbonyl (C=O) groups is 1. The Bertz CT molecular complexity index is 1010. The van der Waals surface area contributed by atoms with Crippen molar-refractivity contribution in [2.45, 2.75) is 24.6 Å². The van der Waals surface area contributed by atoms with Crippen LogP contribution >= 0.6 is 0 Å². The minimum atomic E-state index is -0.896. The number of aliphatic hydroxyl groups is 1. The lowest BCUT2D eigenvalue weighted by molar-refractivity contribution is -0.126. The number of β-amino-alcohol motifs (C(OH)–C–C–N with tert-alkyl or cyclic N) is 1. The largest absolute Gasteiger partial charge is 0.420 e. The number of para-hydroxylation sites is 2. The molecule has 2 aromatic carbocycles. The smallest absolute Gasteiger partial charge is 0.408 e. The van der Waals surface area contributed by atoms with Gasteiger partial charge in [-0.2, -0.15) is 0 Å². The van der Waals surface area contributed by atoms with E-state index in [-0.39, 0.29) is 12.5 Å². The molecule has 0 bridgehead atoms. The van der Waals surface area contributed by atoms with E-state index in [2.05, 4.69) is 10.6 Å². The maximum atomic E-state index is 12.9. The SMILES string of the molecule is O=C(Cn1c(=O)oc2ccccc21)N[C@]1(c2ccccc2)CCNC[C@H]1O. The number of aliphatic hydroxyl groups excluding tert-OH is 1. The molecule has 1 fully saturated rings. The van der Waals surface area contributed by atoms with Gasteiger partial charge in [-0.05, 0) is 30.7 Å². The molecule has 7 heteroatoms. The van der Waals surface area contributed by atoms with Crippen molar-refractivity contribution in [2.75, 3.05) is 13.1 Å². The summed E-state index contributed by atoms with van der Waals surface area (Å²) in [4.78, 5) is 25.0. The van der Waals surface area contributed by atoms with Crippen molar-refractivity contribution in [1.82, 2.24) is 15.2 Å². The van der Waals surface area contributed by atoms with Crippen LogP contribution in [-0.4, -0.2) is 34.8 Å². The number of rotatable bonds is 4. The highest BCUT2D eigenvalue weighted by molar-refractivity contribution is 5.80. The lowest BCUT2D eigenvalue weighted by atomic mass is 9.79. The van der Waals surface area contributed by atoms with Crippen LogP contribution < -0.4 is 16.4 Å². The van der Waals surface area contributed by atoms with E-state index in [0.717, 1.165) is 5.56 Å². The molecule has 2 atom stereocenters. The molecular weight excluding hydrogens is 346 g/mol. The van der Waals surface area contributed by atoms with Crippen LogP contribution in [0.5, 0.6) is 0 Å². The number of hydrogen-bond donors (Lipinski definition) is 3. The fraction of sp³-hybridized carbons (Fsp3) is 0.300. The second-order valence-electron chi connectivity index (χ2n) is 6.78. The number of benzene rings is 2. The zero-order chi connectivity index (χ0) is 18.9. The van der Waals surface area contributed by atoms with E-state index < -0.39 is 17.4 Å². The molecule has 1 aliphatic rings. The molecule has 1 amide bonds. The van der Waals surface area contributed by atoms with Crippen LogP contribution in [0.25, 0.3) is 11.1 Å². The third-order valence-electron chi connectivity index (χ3n) is 5.13. The van der Waals surface area contributed by atoms with E-state index in [9.17, 15) is 14.7 Å². The Morgan fingerprint density at radius 2 is 1.96 bits per heavy atom. The van der Waals surface area contributed by atoms with E-state index in [4.69, 9.17) is 4.42 Å². The molecule has 1 aromatic heterocycles. The number of fused-ring (bicyclic) bond motifs is 1. The maximum absolute atomic E-state index is 12.9. The summed E-state index contributed by atoms with van der Waals surface area (Å²) in [6, 6.07) is 16.4. The van der Waals surface area contributed by atoms with Gasteiger partial charge in [0.15, 0.2) is 5.58 Å². The first-order valence-corrected chi connectivity index (χ1v) is 8.94. The molecular formula is C20H21N3O4. The highest BCUT2D eigenvalue weighted by atomic mass is 16.4. The molecule has 140 valence electrons. The number of hydrogen-bond acceptors (Lipinski definition) is 5. The first-order chi connectivity index (χ1) is 13.1. The molecule has 7 nitrogen and oxygen atoms in total. The van der Waals surface area contributed by atoms with E-state index in [1.807, 2.05) is 30.3 Å². The molecule has 0 saturated carbocycles. The normalized spacial score (nSPS) is 22.6. The summed E-state index contributed by atoms with van der Waals surface area (Å²) in [6.45, 7) is 0.870. The van der Waals surface area contributed by atoms with Crippen LogP contribution in [0, 0.1) is 0 Å². The lowest BCUT2D eigenvalue weighted by Crippen LogP contribution is -2.61. The predicted octanol–water partition coefficient (Wildman–Crippen LogP) is 0.960. The Balaban J connectivity index is 1.64. The van der Waals surface area contributed by atoms with Crippen LogP contribution in [0.1, 0.15) is 12.0 Å². The molecule has 0 unspecified atom stereocenters. The fourth-order valence-corrected chi connectivity index (χ4v) is 3.75. The van der Waals surface area contributed by atoms with Crippen LogP contribution in [0.4, 0.5) is 0 Å². The van der Waals surface area contributed by atoms with Crippen LogP contribution in [-0.2, 0) is 16.9 Å². The van der Waals surface area contributed by atoms with Gasteiger partial charge in [0, 0.05) is 6.54 Å². The second kappa shape index (κ2) is 7.02. The highest BCUT2D eigenvalue weighted by Crippen LogP contribution is 2.31. The molecule has 1 saturated heterocycles. The zero-order valence-corrected chi connectivity index (χ0v) is 14.7. The first kappa shape index (κ1) is 17.5. The molecule has 1 aliphatic heterocycles. The second-order valence-corrected chi connectivity index (χ2v) is 6.78. The Kier molecular flexibility index (Phi) is 4.55. The third-order valence-corrected chi connectivity index (χ3v) is 5.13. The zero-order valence-electron chi connectivity index (χ0n) is 14.7. The number of amides is 1. The van der Waals surface area contributed by atoms with Gasteiger partial charge < -0.3 is 20.2 Å². The maximum Gasteiger partial charge on any atom is 0.420 e. The number of carbonyl (C=O) groups excluding carboxylic acids is 1.